The summed E-state index contributed by atoms with van der Waals surface area (Å²) in [5.74, 6) is -0.564. The van der Waals surface area contributed by atoms with Gasteiger partial charge in [0.15, 0.2) is 5.78 Å². The predicted octanol–water partition coefficient (Wildman–Crippen LogP) is 2.71. The molecule has 0 saturated heterocycles. The Kier molecular flexibility index (Phi) is 3.62. The van der Waals surface area contributed by atoms with Crippen LogP contribution < -0.4 is 0 Å². The van der Waals surface area contributed by atoms with E-state index < -0.39 is 0 Å². The van der Waals surface area contributed by atoms with Crippen LogP contribution in [0.4, 0.5) is 0 Å². The first-order chi connectivity index (χ1) is 10.6. The third-order valence-electron chi connectivity index (χ3n) is 3.31. The number of nitrogens with zero attached hydrogens (tertiary/aromatic N) is 2. The molecule has 0 aliphatic heterocycles. The fraction of sp³-hybridized carbons (Fsp3) is 0.0588. The highest BCUT2D eigenvalue weighted by molar-refractivity contribution is 5.99. The molecule has 3 rings (SSSR count). The molecule has 22 heavy (non-hydrogen) atoms. The Labute approximate surface area is 127 Å². The molecule has 0 amide bonds. The van der Waals surface area contributed by atoms with Crippen LogP contribution >= 0.6 is 0 Å². The Hall–Kier alpha value is -3.08. The van der Waals surface area contributed by atoms with Gasteiger partial charge in [0.25, 0.3) is 0 Å². The van der Waals surface area contributed by atoms with Gasteiger partial charge in [-0.2, -0.15) is 0 Å². The normalized spacial score (nSPS) is 10.5. The number of aromatic hydroxyl groups is 2. The summed E-state index contributed by atoms with van der Waals surface area (Å²) in [5.41, 5.74) is 1.74. The zero-order valence-electron chi connectivity index (χ0n) is 11.7. The lowest BCUT2D eigenvalue weighted by Gasteiger charge is -2.03. The molecule has 0 radical (unpaired) electrons. The van der Waals surface area contributed by atoms with Gasteiger partial charge in [0, 0.05) is 18.0 Å². The Morgan fingerprint density at radius 3 is 2.59 bits per heavy atom. The van der Waals surface area contributed by atoms with E-state index in [1.165, 1.54) is 12.1 Å². The van der Waals surface area contributed by atoms with Gasteiger partial charge in [-0.3, -0.25) is 4.79 Å². The van der Waals surface area contributed by atoms with Gasteiger partial charge in [-0.15, -0.1) is 0 Å². The molecule has 1 heterocycles. The zero-order chi connectivity index (χ0) is 15.5. The summed E-state index contributed by atoms with van der Waals surface area (Å²) in [4.78, 5) is 16.4. The van der Waals surface area contributed by atoms with Crippen LogP contribution in [0.2, 0.25) is 0 Å². The third-order valence-corrected chi connectivity index (χ3v) is 3.31. The van der Waals surface area contributed by atoms with Crippen molar-refractivity contribution in [2.45, 2.75) is 6.42 Å². The summed E-state index contributed by atoms with van der Waals surface area (Å²) < 4.78 is 1.83. The second-order valence-electron chi connectivity index (χ2n) is 4.91. The minimum absolute atomic E-state index is 0.0811. The molecule has 0 fully saturated rings. The molecular formula is C17H14N2O3. The smallest absolute Gasteiger partial charge is 0.172 e. The van der Waals surface area contributed by atoms with Crippen molar-refractivity contribution < 1.29 is 15.0 Å². The Morgan fingerprint density at radius 2 is 1.86 bits per heavy atom. The number of ketones is 1. The van der Waals surface area contributed by atoms with E-state index in [9.17, 15) is 15.0 Å². The first-order valence-corrected chi connectivity index (χ1v) is 6.77. The molecule has 2 aromatic carbocycles. The summed E-state index contributed by atoms with van der Waals surface area (Å²) in [6, 6.07) is 13.6. The zero-order valence-corrected chi connectivity index (χ0v) is 11.7. The van der Waals surface area contributed by atoms with Crippen molar-refractivity contribution in [1.29, 1.82) is 0 Å². The van der Waals surface area contributed by atoms with Crippen molar-refractivity contribution >= 4 is 5.78 Å². The van der Waals surface area contributed by atoms with Crippen molar-refractivity contribution in [3.63, 3.8) is 0 Å². The van der Waals surface area contributed by atoms with Crippen LogP contribution in [0.25, 0.3) is 5.69 Å². The fourth-order valence-corrected chi connectivity index (χ4v) is 2.21. The number of hydrogen-bond donors (Lipinski definition) is 2. The molecule has 0 aliphatic carbocycles. The van der Waals surface area contributed by atoms with Gasteiger partial charge in [-0.25, -0.2) is 4.98 Å². The first kappa shape index (κ1) is 13.9. The van der Waals surface area contributed by atoms with Gasteiger partial charge in [0.1, 0.15) is 11.5 Å². The minimum atomic E-state index is -0.254. The lowest BCUT2D eigenvalue weighted by Crippen LogP contribution is -2.04. The number of carbonyl (C=O) groups excluding carboxylic acids is 1. The second-order valence-corrected chi connectivity index (χ2v) is 4.91. The lowest BCUT2D eigenvalue weighted by atomic mass is 10.1. The molecule has 110 valence electrons. The topological polar surface area (TPSA) is 75.4 Å². The first-order valence-electron chi connectivity index (χ1n) is 6.77. The van der Waals surface area contributed by atoms with Gasteiger partial charge in [-0.1, -0.05) is 18.2 Å². The third kappa shape index (κ3) is 2.83. The van der Waals surface area contributed by atoms with Crippen LogP contribution in [0.1, 0.15) is 16.1 Å². The SMILES string of the molecule is O=C(Cc1cn(-c2ccccc2)cn1)c1ccc(O)cc1O. The van der Waals surface area contributed by atoms with E-state index >= 15 is 0 Å². The Morgan fingerprint density at radius 1 is 1.09 bits per heavy atom. The number of carbonyl (C=O) groups is 1. The number of benzene rings is 2. The predicted molar refractivity (Wildman–Crippen MR) is 81.4 cm³/mol. The average Bonchev–Trinajstić information content (AvgIpc) is 2.96. The lowest BCUT2D eigenvalue weighted by molar-refractivity contribution is 0.0989. The van der Waals surface area contributed by atoms with Gasteiger partial charge in [-0.05, 0) is 24.3 Å². The maximum Gasteiger partial charge on any atom is 0.172 e. The number of rotatable bonds is 4. The summed E-state index contributed by atoms with van der Waals surface area (Å²) in [7, 11) is 0. The van der Waals surface area contributed by atoms with E-state index in [0.717, 1.165) is 11.8 Å². The van der Waals surface area contributed by atoms with E-state index in [2.05, 4.69) is 4.98 Å². The Bertz CT molecular complexity index is 810. The van der Waals surface area contributed by atoms with E-state index in [4.69, 9.17) is 0 Å². The van der Waals surface area contributed by atoms with Crippen molar-refractivity contribution in [1.82, 2.24) is 9.55 Å². The number of phenolic OH excluding ortho intramolecular Hbond substituents is 2. The summed E-state index contributed by atoms with van der Waals surface area (Å²) >= 11 is 0. The largest absolute Gasteiger partial charge is 0.508 e. The van der Waals surface area contributed by atoms with Crippen molar-refractivity contribution in [2.75, 3.05) is 0 Å². The van der Waals surface area contributed by atoms with Crippen LogP contribution in [0.3, 0.4) is 0 Å². The average molecular weight is 294 g/mol. The summed E-state index contributed by atoms with van der Waals surface area (Å²) in [6.45, 7) is 0. The number of imidazole rings is 1. The van der Waals surface area contributed by atoms with Crippen molar-refractivity contribution in [3.05, 3.63) is 72.3 Å². The minimum Gasteiger partial charge on any atom is -0.508 e. The van der Waals surface area contributed by atoms with E-state index in [1.807, 2.05) is 34.9 Å². The highest BCUT2D eigenvalue weighted by atomic mass is 16.3. The summed E-state index contributed by atoms with van der Waals surface area (Å²) in [5, 5.41) is 19.0. The number of phenols is 2. The maximum absolute atomic E-state index is 12.2. The molecule has 3 aromatic rings. The summed E-state index contributed by atoms with van der Waals surface area (Å²) in [6.07, 6.45) is 3.51. The Balaban J connectivity index is 1.79. The molecule has 5 heteroatoms. The van der Waals surface area contributed by atoms with Crippen LogP contribution in [-0.2, 0) is 6.42 Å². The molecule has 0 atom stereocenters. The van der Waals surface area contributed by atoms with Gasteiger partial charge in [0.05, 0.1) is 24.0 Å². The molecule has 0 spiro atoms. The molecule has 1 aromatic heterocycles. The van der Waals surface area contributed by atoms with Crippen LogP contribution in [-0.4, -0.2) is 25.5 Å². The van der Waals surface area contributed by atoms with Gasteiger partial charge < -0.3 is 14.8 Å². The van der Waals surface area contributed by atoms with E-state index in [0.29, 0.717) is 5.69 Å². The van der Waals surface area contributed by atoms with E-state index in [1.54, 1.807) is 12.5 Å². The standard InChI is InChI=1S/C17H14N2O3/c20-14-6-7-15(17(22)9-14)16(21)8-12-10-19(11-18-12)13-4-2-1-3-5-13/h1-7,9-11,20,22H,8H2. The highest BCUT2D eigenvalue weighted by Gasteiger charge is 2.14. The number of hydrogen-bond acceptors (Lipinski definition) is 4. The van der Waals surface area contributed by atoms with Crippen LogP contribution in [0, 0.1) is 0 Å². The molecule has 2 N–H and O–H groups in total. The second kappa shape index (κ2) is 5.73. The number of para-hydroxylation sites is 1. The van der Waals surface area contributed by atoms with Crippen LogP contribution in [0.5, 0.6) is 11.5 Å². The number of aromatic nitrogens is 2. The quantitative estimate of drug-likeness (QED) is 0.725. The van der Waals surface area contributed by atoms with Crippen molar-refractivity contribution in [2.24, 2.45) is 0 Å². The van der Waals surface area contributed by atoms with E-state index in [-0.39, 0.29) is 29.3 Å². The molecule has 5 nitrogen and oxygen atoms in total. The molecular weight excluding hydrogens is 280 g/mol. The number of Topliss-reactive ketones (excluding diaryl/α,β-unsaturated/α-hetero) is 1. The highest BCUT2D eigenvalue weighted by Crippen LogP contribution is 2.23. The fourth-order valence-electron chi connectivity index (χ4n) is 2.21. The van der Waals surface area contributed by atoms with Crippen LogP contribution in [0.15, 0.2) is 61.1 Å². The molecule has 0 bridgehead atoms. The molecule has 0 saturated carbocycles. The maximum atomic E-state index is 12.2. The van der Waals surface area contributed by atoms with Gasteiger partial charge >= 0.3 is 0 Å². The van der Waals surface area contributed by atoms with Crippen molar-refractivity contribution in [3.8, 4) is 17.2 Å². The monoisotopic (exact) mass is 294 g/mol. The molecule has 0 unspecified atom stereocenters. The van der Waals surface area contributed by atoms with Gasteiger partial charge in [0.2, 0.25) is 0 Å². The molecule has 0 aliphatic rings.